The lowest BCUT2D eigenvalue weighted by Crippen LogP contribution is -2.48. The molecule has 13 heteroatoms. The maximum absolute atomic E-state index is 15.1. The number of rotatable bonds is 6. The van der Waals surface area contributed by atoms with E-state index in [1.807, 2.05) is 0 Å². The van der Waals surface area contributed by atoms with E-state index < -0.39 is 34.3 Å². The number of halogens is 3. The van der Waals surface area contributed by atoms with Crippen LogP contribution < -0.4 is 10.9 Å². The summed E-state index contributed by atoms with van der Waals surface area (Å²) in [5.41, 5.74) is -0.238. The highest BCUT2D eigenvalue weighted by atomic mass is 35.5. The monoisotopic (exact) mass is 519 g/mol. The minimum atomic E-state index is -3.99. The molecule has 0 radical (unpaired) electrons. The van der Waals surface area contributed by atoms with Crippen LogP contribution in [-0.4, -0.2) is 66.5 Å². The Hall–Kier alpha value is -1.79. The van der Waals surface area contributed by atoms with Gasteiger partial charge in [-0.25, -0.2) is 22.5 Å². The van der Waals surface area contributed by atoms with E-state index in [1.54, 1.807) is 0 Å². The highest BCUT2D eigenvalue weighted by Crippen LogP contribution is 2.29. The minimum absolute atomic E-state index is 0.00511. The average Bonchev–Trinajstić information content (AvgIpc) is 2.81. The summed E-state index contributed by atoms with van der Waals surface area (Å²) in [6.07, 6.45) is 3.03. The van der Waals surface area contributed by atoms with Crippen molar-refractivity contribution in [1.29, 1.82) is 0 Å². The number of aromatic nitrogens is 3. The number of hydrogen-bond donors (Lipinski definition) is 1. The lowest BCUT2D eigenvalue weighted by molar-refractivity contribution is 0.0595. The Kier molecular flexibility index (Phi) is 7.54. The van der Waals surface area contributed by atoms with Crippen molar-refractivity contribution >= 4 is 38.9 Å². The predicted octanol–water partition coefficient (Wildman–Crippen LogP) is 2.76. The number of nitrogens with one attached hydrogen (secondary N) is 1. The first kappa shape index (κ1) is 24.3. The largest absolute Gasteiger partial charge is 0.382 e. The third-order valence-corrected chi connectivity index (χ3v) is 8.24. The fraction of sp³-hybridized carbons (Fsp3) is 0.550. The molecule has 0 unspecified atom stereocenters. The second-order valence-corrected chi connectivity index (χ2v) is 10.8. The van der Waals surface area contributed by atoms with Crippen LogP contribution in [0.1, 0.15) is 25.3 Å². The number of hydrogen-bond acceptors (Lipinski definition) is 7. The zero-order valence-electron chi connectivity index (χ0n) is 17.7. The lowest BCUT2D eigenvalue weighted by atomic mass is 10.0. The molecule has 2 saturated heterocycles. The first-order valence-electron chi connectivity index (χ1n) is 10.6. The smallest absolute Gasteiger partial charge is 0.288 e. The van der Waals surface area contributed by atoms with Gasteiger partial charge in [-0.2, -0.15) is 9.40 Å². The molecule has 9 nitrogen and oxygen atoms in total. The Morgan fingerprint density at radius 3 is 2.73 bits per heavy atom. The van der Waals surface area contributed by atoms with E-state index in [4.69, 9.17) is 27.9 Å². The van der Waals surface area contributed by atoms with E-state index in [0.717, 1.165) is 28.4 Å². The van der Waals surface area contributed by atoms with E-state index in [0.29, 0.717) is 29.8 Å². The van der Waals surface area contributed by atoms with Crippen LogP contribution in [0.4, 0.5) is 10.1 Å². The molecule has 0 aromatic carbocycles. The number of ether oxygens (including phenoxy) is 1. The maximum Gasteiger partial charge on any atom is 0.288 e. The summed E-state index contributed by atoms with van der Waals surface area (Å²) in [5, 5.41) is 7.26. The Morgan fingerprint density at radius 2 is 2.06 bits per heavy atom. The molecule has 0 bridgehead atoms. The van der Waals surface area contributed by atoms with Crippen molar-refractivity contribution in [3.05, 3.63) is 44.9 Å². The van der Waals surface area contributed by atoms with Gasteiger partial charge in [0.25, 0.3) is 15.6 Å². The fourth-order valence-corrected chi connectivity index (χ4v) is 5.72. The molecule has 2 aliphatic heterocycles. The average molecular weight is 520 g/mol. The van der Waals surface area contributed by atoms with Crippen LogP contribution in [0.5, 0.6) is 0 Å². The quantitative estimate of drug-likeness (QED) is 0.625. The lowest BCUT2D eigenvalue weighted by Gasteiger charge is -2.34. The molecule has 3 atom stereocenters. The highest BCUT2D eigenvalue weighted by Gasteiger charge is 2.38. The Morgan fingerprint density at radius 1 is 1.24 bits per heavy atom. The van der Waals surface area contributed by atoms with Crippen molar-refractivity contribution < 1.29 is 17.5 Å². The number of piperidine rings is 1. The molecule has 4 heterocycles. The summed E-state index contributed by atoms with van der Waals surface area (Å²) >= 11 is 12.0. The topological polar surface area (TPSA) is 106 Å². The maximum atomic E-state index is 15.1. The van der Waals surface area contributed by atoms with Crippen LogP contribution in [0.15, 0.2) is 34.3 Å². The normalized spacial score (nSPS) is 24.5. The molecule has 33 heavy (non-hydrogen) atoms. The summed E-state index contributed by atoms with van der Waals surface area (Å²) in [4.78, 5) is 16.6. The zero-order chi connectivity index (χ0) is 23.6. The van der Waals surface area contributed by atoms with Crippen LogP contribution in [0.25, 0.3) is 0 Å². The van der Waals surface area contributed by atoms with Crippen molar-refractivity contribution in [3.63, 3.8) is 0 Å². The summed E-state index contributed by atoms with van der Waals surface area (Å²) in [6, 6.07) is 1.75. The Labute approximate surface area is 200 Å². The fourth-order valence-electron chi connectivity index (χ4n) is 4.03. The van der Waals surface area contributed by atoms with Crippen molar-refractivity contribution in [2.75, 3.05) is 38.2 Å². The SMILES string of the molecule is O=c1c(Cl)c(NC[C@@H]2CCCOC2)cnn1[C@@H]1CCN(S(=O)(=O)c2ccc(Cl)cn2)C[C@H]1F. The standard InChI is InChI=1S/C20H24Cl2FN5O4S/c21-14-3-4-18(25-9-14)33(30,31)27-6-5-17(15(23)11-27)28-20(29)19(22)16(10-26-28)24-8-13-2-1-7-32-12-13/h3-4,9-10,13,15,17,24H,1-2,5-8,11-12H2/t13-,15+,17+/m0/s1. The van der Waals surface area contributed by atoms with Gasteiger partial charge in [0.1, 0.15) is 11.2 Å². The highest BCUT2D eigenvalue weighted by molar-refractivity contribution is 7.89. The minimum Gasteiger partial charge on any atom is -0.382 e. The molecular formula is C20H24Cl2FN5O4S. The molecule has 0 saturated carbocycles. The van der Waals surface area contributed by atoms with E-state index in [1.165, 1.54) is 24.5 Å². The molecule has 0 spiro atoms. The predicted molar refractivity (Wildman–Crippen MR) is 122 cm³/mol. The van der Waals surface area contributed by atoms with Gasteiger partial charge in [-0.05, 0) is 37.3 Å². The van der Waals surface area contributed by atoms with Crippen LogP contribution >= 0.6 is 23.2 Å². The van der Waals surface area contributed by atoms with Crippen LogP contribution in [0.2, 0.25) is 10.0 Å². The van der Waals surface area contributed by atoms with E-state index in [9.17, 15) is 13.2 Å². The molecule has 2 fully saturated rings. The van der Waals surface area contributed by atoms with Crippen molar-refractivity contribution in [3.8, 4) is 0 Å². The summed E-state index contributed by atoms with van der Waals surface area (Å²) in [5.74, 6) is 0.314. The molecule has 180 valence electrons. The number of sulfonamides is 1. The third kappa shape index (κ3) is 5.32. The first-order valence-corrected chi connectivity index (χ1v) is 12.8. The van der Waals surface area contributed by atoms with Gasteiger partial charge in [-0.3, -0.25) is 4.79 Å². The second-order valence-electron chi connectivity index (χ2n) is 8.14. The van der Waals surface area contributed by atoms with Gasteiger partial charge in [-0.15, -0.1) is 0 Å². The van der Waals surface area contributed by atoms with Gasteiger partial charge in [0.15, 0.2) is 5.03 Å². The van der Waals surface area contributed by atoms with E-state index in [-0.39, 0.29) is 23.0 Å². The van der Waals surface area contributed by atoms with Gasteiger partial charge < -0.3 is 10.1 Å². The zero-order valence-corrected chi connectivity index (χ0v) is 20.0. The van der Waals surface area contributed by atoms with Crippen LogP contribution in [-0.2, 0) is 14.8 Å². The number of pyridine rings is 1. The second kappa shape index (κ2) is 10.2. The summed E-state index contributed by atoms with van der Waals surface area (Å²) < 4.78 is 48.1. The molecule has 2 aromatic heterocycles. The summed E-state index contributed by atoms with van der Waals surface area (Å²) in [7, 11) is -3.99. The molecule has 2 aliphatic rings. The molecule has 0 aliphatic carbocycles. The number of nitrogens with zero attached hydrogens (tertiary/aromatic N) is 4. The molecule has 0 amide bonds. The third-order valence-electron chi connectivity index (χ3n) is 5.87. The van der Waals surface area contributed by atoms with Gasteiger partial charge in [0.05, 0.1) is 29.6 Å². The van der Waals surface area contributed by atoms with Crippen LogP contribution in [0, 0.1) is 5.92 Å². The van der Waals surface area contributed by atoms with E-state index >= 15 is 4.39 Å². The Balaban J connectivity index is 1.45. The van der Waals surface area contributed by atoms with Gasteiger partial charge in [0.2, 0.25) is 0 Å². The van der Waals surface area contributed by atoms with Gasteiger partial charge >= 0.3 is 0 Å². The van der Waals surface area contributed by atoms with Crippen LogP contribution in [0.3, 0.4) is 0 Å². The molecule has 1 N–H and O–H groups in total. The number of anilines is 1. The summed E-state index contributed by atoms with van der Waals surface area (Å²) in [6.45, 7) is 1.57. The number of alkyl halides is 1. The molecule has 2 aromatic rings. The molecular weight excluding hydrogens is 496 g/mol. The van der Waals surface area contributed by atoms with Crippen molar-refractivity contribution in [2.24, 2.45) is 5.92 Å². The van der Waals surface area contributed by atoms with Crippen molar-refractivity contribution in [1.82, 2.24) is 19.1 Å². The molecule has 4 rings (SSSR count). The van der Waals surface area contributed by atoms with E-state index in [2.05, 4.69) is 15.4 Å². The first-order chi connectivity index (χ1) is 15.8. The van der Waals surface area contributed by atoms with Gasteiger partial charge in [0, 0.05) is 32.4 Å². The van der Waals surface area contributed by atoms with Crippen molar-refractivity contribution in [2.45, 2.75) is 36.5 Å². The Bertz CT molecular complexity index is 1140. The van der Waals surface area contributed by atoms with Gasteiger partial charge in [-0.1, -0.05) is 23.2 Å².